The molecule has 1 aromatic carbocycles. The molecule has 2 atom stereocenters. The summed E-state index contributed by atoms with van der Waals surface area (Å²) in [6.45, 7) is 5.48. The van der Waals surface area contributed by atoms with E-state index < -0.39 is 26.6 Å². The predicted molar refractivity (Wildman–Crippen MR) is 118 cm³/mol. The normalized spacial score (nSPS) is 28.2. The third-order valence-electron chi connectivity index (χ3n) is 5.46. The number of aromatic nitrogens is 1. The van der Waals surface area contributed by atoms with Crippen molar-refractivity contribution in [2.45, 2.75) is 31.1 Å². The summed E-state index contributed by atoms with van der Waals surface area (Å²) in [6.07, 6.45) is 1.64. The van der Waals surface area contributed by atoms with E-state index in [2.05, 4.69) is 20.0 Å². The van der Waals surface area contributed by atoms with Crippen LogP contribution in [0.4, 0.5) is 15.9 Å². The topological polar surface area (TPSA) is 105 Å². The number of nitrogens with zero attached hydrogens (tertiary/aromatic N) is 2. The van der Waals surface area contributed by atoms with Crippen LogP contribution in [0, 0.1) is 5.82 Å². The Morgan fingerprint density at radius 3 is 2.66 bits per heavy atom. The molecule has 0 saturated carbocycles. The van der Waals surface area contributed by atoms with E-state index in [9.17, 15) is 8.94 Å². The molecule has 158 valence electrons. The number of ether oxygens (including phenoxy) is 1. The summed E-state index contributed by atoms with van der Waals surface area (Å²) in [4.78, 5) is 8.90. The number of halogens is 1. The smallest absolute Gasteiger partial charge is 0.173 e. The van der Waals surface area contributed by atoms with Gasteiger partial charge in [0.1, 0.15) is 11.7 Å². The van der Waals surface area contributed by atoms with Crippen LogP contribution >= 0.6 is 10.5 Å². The average Bonchev–Trinajstić information content (AvgIpc) is 2.68. The Balaban J connectivity index is 2.05. The zero-order valence-corrected chi connectivity index (χ0v) is 18.1. The van der Waals surface area contributed by atoms with Gasteiger partial charge in [-0.1, -0.05) is 10.5 Å². The highest BCUT2D eigenvalue weighted by atomic mass is 32.3. The summed E-state index contributed by atoms with van der Waals surface area (Å²) in [5, 5.41) is 3.16. The summed E-state index contributed by atoms with van der Waals surface area (Å²) in [7, 11) is 0.864. The zero-order valence-electron chi connectivity index (χ0n) is 17.3. The first-order valence-electron chi connectivity index (χ1n) is 9.20. The van der Waals surface area contributed by atoms with Gasteiger partial charge in [0.05, 0.1) is 17.4 Å². The Morgan fingerprint density at radius 2 is 2.00 bits per heavy atom. The average molecular weight is 422 g/mol. The minimum Gasteiger partial charge on any atom is -0.493 e. The fourth-order valence-corrected chi connectivity index (χ4v) is 5.90. The lowest BCUT2D eigenvalue weighted by molar-refractivity contribution is 0.415. The van der Waals surface area contributed by atoms with Gasteiger partial charge in [-0.2, -0.15) is 0 Å². The minimum absolute atomic E-state index is 0.234. The van der Waals surface area contributed by atoms with E-state index in [1.165, 1.54) is 6.07 Å². The van der Waals surface area contributed by atoms with Crippen molar-refractivity contribution >= 4 is 27.8 Å². The third kappa shape index (κ3) is 3.65. The summed E-state index contributed by atoms with van der Waals surface area (Å²) in [5.41, 5.74) is 6.18. The van der Waals surface area contributed by atoms with Gasteiger partial charge in [0.2, 0.25) is 0 Å². The fraction of sp³-hybridized carbons (Fsp3) is 0.400. The van der Waals surface area contributed by atoms with Crippen LogP contribution in [0.15, 0.2) is 41.5 Å². The highest BCUT2D eigenvalue weighted by molar-refractivity contribution is 8.29. The monoisotopic (exact) mass is 421 g/mol. The lowest BCUT2D eigenvalue weighted by atomic mass is 9.92. The van der Waals surface area contributed by atoms with E-state index in [4.69, 9.17) is 10.5 Å². The molecular formula is C20H28FN5O2S. The number of hydrogen-bond donors (Lipinski definition) is 4. The molecule has 3 rings (SSSR count). The van der Waals surface area contributed by atoms with E-state index in [0.29, 0.717) is 28.7 Å². The fourth-order valence-electron chi connectivity index (χ4n) is 3.46. The zero-order chi connectivity index (χ0) is 21.4. The number of benzene rings is 1. The first-order valence-corrected chi connectivity index (χ1v) is 11.0. The SMILES string of the molecule is CNS1(O)C[C@@](C)(c2cc(Nc3ncccc3OC)ccc2F)N=C(N)C1(C)C. The number of rotatable bonds is 5. The molecule has 1 aromatic heterocycles. The molecule has 5 N–H and O–H groups in total. The molecule has 0 saturated heterocycles. The van der Waals surface area contributed by atoms with E-state index in [1.54, 1.807) is 51.5 Å². The largest absolute Gasteiger partial charge is 0.493 e. The molecule has 0 amide bonds. The number of aliphatic imine (C=N–C) groups is 1. The van der Waals surface area contributed by atoms with Crippen LogP contribution in [0.5, 0.6) is 5.75 Å². The first-order chi connectivity index (χ1) is 13.6. The number of nitrogens with two attached hydrogens (primary N) is 1. The summed E-state index contributed by atoms with van der Waals surface area (Å²) >= 11 is 0. The van der Waals surface area contributed by atoms with Crippen LogP contribution in [0.2, 0.25) is 0 Å². The van der Waals surface area contributed by atoms with Gasteiger partial charge in [-0.15, -0.1) is 0 Å². The van der Waals surface area contributed by atoms with Gasteiger partial charge in [0.15, 0.2) is 11.6 Å². The molecule has 2 aromatic rings. The van der Waals surface area contributed by atoms with Gasteiger partial charge >= 0.3 is 0 Å². The van der Waals surface area contributed by atoms with Crippen LogP contribution < -0.4 is 20.5 Å². The summed E-state index contributed by atoms with van der Waals surface area (Å²) in [6, 6.07) is 8.22. The summed E-state index contributed by atoms with van der Waals surface area (Å²) in [5.74, 6) is 1.20. The van der Waals surface area contributed by atoms with Crippen LogP contribution in [0.25, 0.3) is 0 Å². The number of pyridine rings is 1. The van der Waals surface area contributed by atoms with Gasteiger partial charge in [0.25, 0.3) is 0 Å². The molecule has 0 bridgehead atoms. The number of amidine groups is 1. The second-order valence-corrected chi connectivity index (χ2v) is 10.8. The highest BCUT2D eigenvalue weighted by Crippen LogP contribution is 2.59. The first kappa shape index (κ1) is 21.4. The van der Waals surface area contributed by atoms with Crippen molar-refractivity contribution in [3.63, 3.8) is 0 Å². The van der Waals surface area contributed by atoms with Gasteiger partial charge in [0, 0.05) is 23.2 Å². The molecule has 7 nitrogen and oxygen atoms in total. The van der Waals surface area contributed by atoms with Crippen molar-refractivity contribution in [1.29, 1.82) is 0 Å². The molecule has 0 radical (unpaired) electrons. The van der Waals surface area contributed by atoms with Gasteiger partial charge < -0.3 is 20.3 Å². The summed E-state index contributed by atoms with van der Waals surface area (Å²) < 4.78 is 33.8. The maximum atomic E-state index is 14.9. The Labute approximate surface area is 172 Å². The van der Waals surface area contributed by atoms with Crippen molar-refractivity contribution in [3.8, 4) is 5.75 Å². The van der Waals surface area contributed by atoms with Gasteiger partial charge in [-0.3, -0.25) is 9.71 Å². The molecule has 0 spiro atoms. The Bertz CT molecular complexity index is 954. The maximum absolute atomic E-state index is 14.9. The van der Waals surface area contributed by atoms with Crippen molar-refractivity contribution in [2.75, 3.05) is 25.2 Å². The molecule has 9 heteroatoms. The second-order valence-electron chi connectivity index (χ2n) is 7.71. The third-order valence-corrected chi connectivity index (χ3v) is 9.01. The Kier molecular flexibility index (Phi) is 5.50. The van der Waals surface area contributed by atoms with Crippen LogP contribution in [0.3, 0.4) is 0 Å². The quantitative estimate of drug-likeness (QED) is 0.586. The molecule has 0 fully saturated rings. The van der Waals surface area contributed by atoms with E-state index in [1.807, 2.05) is 13.8 Å². The van der Waals surface area contributed by atoms with Crippen LogP contribution in [-0.2, 0) is 5.54 Å². The van der Waals surface area contributed by atoms with E-state index >= 15 is 0 Å². The van der Waals surface area contributed by atoms with Crippen molar-refractivity contribution in [3.05, 3.63) is 47.9 Å². The number of methoxy groups -OCH3 is 1. The lowest BCUT2D eigenvalue weighted by Crippen LogP contribution is -2.55. The van der Waals surface area contributed by atoms with Crippen LogP contribution in [-0.4, -0.2) is 40.0 Å². The molecule has 29 heavy (non-hydrogen) atoms. The van der Waals surface area contributed by atoms with Crippen molar-refractivity contribution in [1.82, 2.24) is 9.71 Å². The highest BCUT2D eigenvalue weighted by Gasteiger charge is 2.51. The second kappa shape index (κ2) is 7.47. The van der Waals surface area contributed by atoms with Crippen molar-refractivity contribution in [2.24, 2.45) is 10.7 Å². The Hall–Kier alpha value is -2.36. The maximum Gasteiger partial charge on any atom is 0.173 e. The molecule has 1 aliphatic rings. The van der Waals surface area contributed by atoms with E-state index in [0.717, 1.165) is 0 Å². The van der Waals surface area contributed by atoms with Gasteiger partial charge in [-0.25, -0.2) is 9.37 Å². The predicted octanol–water partition coefficient (Wildman–Crippen LogP) is 3.75. The molecule has 0 aliphatic carbocycles. The van der Waals surface area contributed by atoms with Crippen LogP contribution in [0.1, 0.15) is 26.3 Å². The number of hydrogen-bond acceptors (Lipinski definition) is 7. The standard InChI is InChI=1S/C20H28FN5O2S/c1-19(2)18(22)26-20(3,12-29(19,27)23-4)14-11-13(8-9-15(14)21)25-17-16(28-5)7-6-10-24-17/h6-11,23,27H,12H2,1-5H3,(H2,22,26)(H,24,25)/t20-/m0/s1. The minimum atomic E-state index is -2.39. The lowest BCUT2D eigenvalue weighted by Gasteiger charge is -2.53. The van der Waals surface area contributed by atoms with Gasteiger partial charge in [-0.05, 0) is 58.2 Å². The van der Waals surface area contributed by atoms with E-state index in [-0.39, 0.29) is 5.75 Å². The Morgan fingerprint density at radius 1 is 1.28 bits per heavy atom. The molecule has 2 heterocycles. The molecule has 1 aliphatic heterocycles. The van der Waals surface area contributed by atoms with Crippen molar-refractivity contribution < 1.29 is 13.7 Å². The number of nitrogens with one attached hydrogen (secondary N) is 2. The number of anilines is 2. The molecule has 1 unspecified atom stereocenters. The molecular weight excluding hydrogens is 393 g/mol.